The van der Waals surface area contributed by atoms with Crippen molar-refractivity contribution in [3.05, 3.63) is 34.9 Å². The van der Waals surface area contributed by atoms with Crippen molar-refractivity contribution in [2.75, 3.05) is 26.3 Å². The van der Waals surface area contributed by atoms with Gasteiger partial charge in [-0.1, -0.05) is 18.5 Å². The highest BCUT2D eigenvalue weighted by Crippen LogP contribution is 2.13. The Kier molecular flexibility index (Phi) is 7.06. The van der Waals surface area contributed by atoms with Gasteiger partial charge in [0.05, 0.1) is 12.6 Å². The van der Waals surface area contributed by atoms with Crippen molar-refractivity contribution in [3.63, 3.8) is 0 Å². The first kappa shape index (κ1) is 16.2. The third kappa shape index (κ3) is 4.94. The van der Waals surface area contributed by atoms with Crippen LogP contribution in [0.15, 0.2) is 24.3 Å². The summed E-state index contributed by atoms with van der Waals surface area (Å²) in [5, 5.41) is 0.646. The quantitative estimate of drug-likeness (QED) is 0.542. The summed E-state index contributed by atoms with van der Waals surface area (Å²) >= 11 is 5.83. The number of benzene rings is 1. The fourth-order valence-corrected chi connectivity index (χ4v) is 2.10. The van der Waals surface area contributed by atoms with Gasteiger partial charge in [0.25, 0.3) is 0 Å². The Morgan fingerprint density at radius 2 is 1.95 bits per heavy atom. The van der Waals surface area contributed by atoms with Crippen molar-refractivity contribution >= 4 is 17.4 Å². The van der Waals surface area contributed by atoms with Crippen LogP contribution in [0.5, 0.6) is 0 Å². The Labute approximate surface area is 120 Å². The number of ketones is 1. The predicted molar refractivity (Wildman–Crippen MR) is 79.0 cm³/mol. The fraction of sp³-hybridized carbons (Fsp3) is 0.533. The molecule has 0 aliphatic rings. The molecule has 0 bridgehead atoms. The number of likely N-dealkylation sites (N-methyl/N-ethyl adjacent to an activating group) is 1. The van der Waals surface area contributed by atoms with Crippen LogP contribution in [-0.4, -0.2) is 43.0 Å². The van der Waals surface area contributed by atoms with Crippen LogP contribution < -0.4 is 0 Å². The molecule has 0 amide bonds. The molecule has 0 aromatic heterocycles. The summed E-state index contributed by atoms with van der Waals surface area (Å²) in [6.45, 7) is 8.92. The summed E-state index contributed by atoms with van der Waals surface area (Å²) < 4.78 is 5.35. The molecule has 1 rings (SSSR count). The Hall–Kier alpha value is -0.900. The SMILES string of the molecule is CCOCCN(CC)C(C)C(=O)c1ccc(Cl)cc1. The minimum Gasteiger partial charge on any atom is -0.380 e. The minimum absolute atomic E-state index is 0.120. The Morgan fingerprint density at radius 1 is 1.32 bits per heavy atom. The van der Waals surface area contributed by atoms with Gasteiger partial charge >= 0.3 is 0 Å². The molecular formula is C15H22ClNO2. The van der Waals surface area contributed by atoms with Gasteiger partial charge in [0, 0.05) is 23.7 Å². The third-order valence-corrected chi connectivity index (χ3v) is 3.44. The van der Waals surface area contributed by atoms with Crippen LogP contribution in [0, 0.1) is 0 Å². The highest BCUT2D eigenvalue weighted by atomic mass is 35.5. The molecule has 1 aromatic carbocycles. The second-order valence-electron chi connectivity index (χ2n) is 4.37. The molecule has 19 heavy (non-hydrogen) atoms. The monoisotopic (exact) mass is 283 g/mol. The topological polar surface area (TPSA) is 29.5 Å². The Morgan fingerprint density at radius 3 is 2.47 bits per heavy atom. The molecule has 0 aliphatic carbocycles. The lowest BCUT2D eigenvalue weighted by Gasteiger charge is -2.26. The molecule has 106 valence electrons. The first-order valence-corrected chi connectivity index (χ1v) is 7.09. The maximum Gasteiger partial charge on any atom is 0.179 e. The molecule has 0 radical (unpaired) electrons. The van der Waals surface area contributed by atoms with Crippen LogP contribution in [0.3, 0.4) is 0 Å². The first-order valence-electron chi connectivity index (χ1n) is 6.71. The van der Waals surface area contributed by atoms with Gasteiger partial charge in [0.2, 0.25) is 0 Å². The molecule has 0 fully saturated rings. The highest BCUT2D eigenvalue weighted by Gasteiger charge is 2.20. The van der Waals surface area contributed by atoms with Crippen LogP contribution in [0.25, 0.3) is 0 Å². The van der Waals surface area contributed by atoms with E-state index in [9.17, 15) is 4.79 Å². The number of hydrogen-bond donors (Lipinski definition) is 0. The van der Waals surface area contributed by atoms with Gasteiger partial charge in [-0.15, -0.1) is 0 Å². The second kappa shape index (κ2) is 8.31. The van der Waals surface area contributed by atoms with Crippen molar-refractivity contribution in [2.45, 2.75) is 26.8 Å². The highest BCUT2D eigenvalue weighted by molar-refractivity contribution is 6.30. The lowest BCUT2D eigenvalue weighted by Crippen LogP contribution is -2.40. The zero-order valence-electron chi connectivity index (χ0n) is 11.9. The molecule has 1 unspecified atom stereocenters. The van der Waals surface area contributed by atoms with E-state index in [-0.39, 0.29) is 11.8 Å². The fourth-order valence-electron chi connectivity index (χ4n) is 1.97. The van der Waals surface area contributed by atoms with E-state index < -0.39 is 0 Å². The van der Waals surface area contributed by atoms with Crippen LogP contribution in [0.2, 0.25) is 5.02 Å². The van der Waals surface area contributed by atoms with Gasteiger partial charge < -0.3 is 4.74 Å². The molecule has 4 heteroatoms. The Balaban J connectivity index is 2.65. The van der Waals surface area contributed by atoms with E-state index in [4.69, 9.17) is 16.3 Å². The van der Waals surface area contributed by atoms with Crippen LogP contribution in [0.4, 0.5) is 0 Å². The molecule has 0 aliphatic heterocycles. The number of halogens is 1. The molecule has 0 N–H and O–H groups in total. The number of Topliss-reactive ketones (excluding diaryl/α,β-unsaturated/α-hetero) is 1. The summed E-state index contributed by atoms with van der Waals surface area (Å²) in [6.07, 6.45) is 0. The molecule has 1 aromatic rings. The Bertz CT molecular complexity index is 392. The van der Waals surface area contributed by atoms with Gasteiger partial charge in [-0.25, -0.2) is 0 Å². The summed E-state index contributed by atoms with van der Waals surface area (Å²) in [7, 11) is 0. The molecule has 0 spiro atoms. The molecule has 3 nitrogen and oxygen atoms in total. The minimum atomic E-state index is -0.147. The average molecular weight is 284 g/mol. The zero-order chi connectivity index (χ0) is 14.3. The van der Waals surface area contributed by atoms with Crippen molar-refractivity contribution in [1.29, 1.82) is 0 Å². The van der Waals surface area contributed by atoms with E-state index in [0.29, 0.717) is 23.8 Å². The number of rotatable bonds is 8. The van der Waals surface area contributed by atoms with Gasteiger partial charge in [-0.05, 0) is 44.7 Å². The largest absolute Gasteiger partial charge is 0.380 e. The van der Waals surface area contributed by atoms with Crippen LogP contribution in [-0.2, 0) is 4.74 Å². The standard InChI is InChI=1S/C15H22ClNO2/c1-4-17(10-11-19-5-2)12(3)15(18)13-6-8-14(16)9-7-13/h6-9,12H,4-5,10-11H2,1-3H3. The number of carbonyl (C=O) groups excluding carboxylic acids is 1. The van der Waals surface area contributed by atoms with Gasteiger partial charge in [-0.2, -0.15) is 0 Å². The maximum atomic E-state index is 12.4. The molecular weight excluding hydrogens is 262 g/mol. The zero-order valence-corrected chi connectivity index (χ0v) is 12.6. The number of ether oxygens (including phenoxy) is 1. The van der Waals surface area contributed by atoms with Gasteiger partial charge in [-0.3, -0.25) is 9.69 Å². The smallest absolute Gasteiger partial charge is 0.179 e. The third-order valence-electron chi connectivity index (χ3n) is 3.19. The van der Waals surface area contributed by atoms with E-state index in [1.54, 1.807) is 24.3 Å². The summed E-state index contributed by atoms with van der Waals surface area (Å²) in [5.41, 5.74) is 0.701. The van der Waals surface area contributed by atoms with Crippen molar-refractivity contribution < 1.29 is 9.53 Å². The predicted octanol–water partition coefficient (Wildman–Crippen LogP) is 3.27. The van der Waals surface area contributed by atoms with Gasteiger partial charge in [0.1, 0.15) is 0 Å². The average Bonchev–Trinajstić information content (AvgIpc) is 2.43. The summed E-state index contributed by atoms with van der Waals surface area (Å²) in [4.78, 5) is 14.5. The summed E-state index contributed by atoms with van der Waals surface area (Å²) in [6, 6.07) is 6.90. The number of nitrogens with zero attached hydrogens (tertiary/aromatic N) is 1. The maximum absolute atomic E-state index is 12.4. The number of hydrogen-bond acceptors (Lipinski definition) is 3. The normalized spacial score (nSPS) is 12.7. The molecule has 0 saturated heterocycles. The van der Waals surface area contributed by atoms with Crippen LogP contribution >= 0.6 is 11.6 Å². The van der Waals surface area contributed by atoms with Gasteiger partial charge in [0.15, 0.2) is 5.78 Å². The lowest BCUT2D eigenvalue weighted by atomic mass is 10.0. The van der Waals surface area contributed by atoms with Crippen LogP contribution in [0.1, 0.15) is 31.1 Å². The van der Waals surface area contributed by atoms with E-state index >= 15 is 0 Å². The second-order valence-corrected chi connectivity index (χ2v) is 4.81. The van der Waals surface area contributed by atoms with Crippen molar-refractivity contribution in [3.8, 4) is 0 Å². The molecule has 0 saturated carbocycles. The molecule has 0 heterocycles. The van der Waals surface area contributed by atoms with Crippen molar-refractivity contribution in [2.24, 2.45) is 0 Å². The first-order chi connectivity index (χ1) is 9.10. The van der Waals surface area contributed by atoms with E-state index in [0.717, 1.165) is 13.1 Å². The molecule has 1 atom stereocenters. The van der Waals surface area contributed by atoms with E-state index in [2.05, 4.69) is 11.8 Å². The van der Waals surface area contributed by atoms with E-state index in [1.165, 1.54) is 0 Å². The lowest BCUT2D eigenvalue weighted by molar-refractivity contribution is 0.0741. The summed E-state index contributed by atoms with van der Waals surface area (Å²) in [5.74, 6) is 0.120. The van der Waals surface area contributed by atoms with E-state index in [1.807, 2.05) is 13.8 Å². The number of carbonyl (C=O) groups is 1. The van der Waals surface area contributed by atoms with Crippen molar-refractivity contribution in [1.82, 2.24) is 4.90 Å².